The van der Waals surface area contributed by atoms with E-state index < -0.39 is 18.5 Å². The van der Waals surface area contributed by atoms with Crippen molar-refractivity contribution in [2.45, 2.75) is 99.8 Å². The zero-order chi connectivity index (χ0) is 24.7. The molecule has 0 bridgehead atoms. The quantitative estimate of drug-likeness (QED) is 0.667. The third-order valence-electron chi connectivity index (χ3n) is 9.00. The molecular formula is C27H38F2N4O2. The van der Waals surface area contributed by atoms with E-state index in [9.17, 15) is 18.4 Å². The maximum atomic E-state index is 14.0. The SMILES string of the molecule is CN(CCC(F)F)C1CCC(N)C(=O)N2C(CCC2C(=O)N2C[C@@H](c3ccccc3)CC23CC3)C1. The maximum absolute atomic E-state index is 14.0. The molecule has 4 aliphatic rings. The van der Waals surface area contributed by atoms with Gasteiger partial charge in [-0.15, -0.1) is 0 Å². The first kappa shape index (κ1) is 24.6. The van der Waals surface area contributed by atoms with Gasteiger partial charge in [0.05, 0.1) is 6.04 Å². The fraction of sp³-hybridized carbons (Fsp3) is 0.704. The molecule has 0 aromatic heterocycles. The van der Waals surface area contributed by atoms with Gasteiger partial charge in [0.15, 0.2) is 0 Å². The molecule has 3 heterocycles. The number of likely N-dealkylation sites (tertiary alicyclic amines) is 1. The summed E-state index contributed by atoms with van der Waals surface area (Å²) >= 11 is 0. The van der Waals surface area contributed by atoms with Crippen LogP contribution in [0.25, 0.3) is 0 Å². The molecule has 5 rings (SSSR count). The van der Waals surface area contributed by atoms with Gasteiger partial charge in [-0.2, -0.15) is 0 Å². The van der Waals surface area contributed by atoms with Crippen LogP contribution in [0.5, 0.6) is 0 Å². The molecule has 1 aliphatic carbocycles. The first-order chi connectivity index (χ1) is 16.8. The number of carbonyl (C=O) groups is 2. The topological polar surface area (TPSA) is 69.9 Å². The van der Waals surface area contributed by atoms with Gasteiger partial charge in [-0.05, 0) is 64.0 Å². The minimum absolute atomic E-state index is 0.0540. The zero-order valence-electron chi connectivity index (χ0n) is 20.6. The third-order valence-corrected chi connectivity index (χ3v) is 9.00. The van der Waals surface area contributed by atoms with Crippen LogP contribution in [-0.2, 0) is 9.59 Å². The summed E-state index contributed by atoms with van der Waals surface area (Å²) < 4.78 is 25.6. The summed E-state index contributed by atoms with van der Waals surface area (Å²) in [5.74, 6) is 0.286. The Kier molecular flexibility index (Phi) is 6.87. The van der Waals surface area contributed by atoms with Crippen LogP contribution in [0.3, 0.4) is 0 Å². The Morgan fingerprint density at radius 1 is 1.17 bits per heavy atom. The Hall–Kier alpha value is -2.06. The number of benzene rings is 1. The van der Waals surface area contributed by atoms with E-state index in [4.69, 9.17) is 5.73 Å². The summed E-state index contributed by atoms with van der Waals surface area (Å²) in [5, 5.41) is 0. The molecule has 1 spiro atoms. The molecule has 2 N–H and O–H groups in total. The molecule has 4 unspecified atom stereocenters. The van der Waals surface area contributed by atoms with E-state index >= 15 is 0 Å². The number of alkyl halides is 2. The number of nitrogens with zero attached hydrogens (tertiary/aromatic N) is 3. The number of amides is 2. The van der Waals surface area contributed by atoms with Gasteiger partial charge in [0.1, 0.15) is 6.04 Å². The summed E-state index contributed by atoms with van der Waals surface area (Å²) in [7, 11) is 1.88. The van der Waals surface area contributed by atoms with E-state index in [1.54, 1.807) is 4.90 Å². The summed E-state index contributed by atoms with van der Waals surface area (Å²) in [5.41, 5.74) is 7.53. The summed E-state index contributed by atoms with van der Waals surface area (Å²) in [6.45, 7) is 1.02. The van der Waals surface area contributed by atoms with Gasteiger partial charge in [0, 0.05) is 43.1 Å². The Morgan fingerprint density at radius 2 is 1.91 bits per heavy atom. The van der Waals surface area contributed by atoms with E-state index in [0.29, 0.717) is 44.7 Å². The largest absolute Gasteiger partial charge is 0.335 e. The van der Waals surface area contributed by atoms with Gasteiger partial charge in [0.25, 0.3) is 0 Å². The smallest absolute Gasteiger partial charge is 0.245 e. The van der Waals surface area contributed by atoms with Crippen molar-refractivity contribution in [3.05, 3.63) is 35.9 Å². The third kappa shape index (κ3) is 4.84. The van der Waals surface area contributed by atoms with E-state index in [0.717, 1.165) is 25.7 Å². The minimum atomic E-state index is -2.32. The second-order valence-corrected chi connectivity index (χ2v) is 11.2. The fourth-order valence-corrected chi connectivity index (χ4v) is 6.81. The molecule has 35 heavy (non-hydrogen) atoms. The normalized spacial score (nSPS) is 32.3. The summed E-state index contributed by atoms with van der Waals surface area (Å²) in [4.78, 5) is 33.2. The molecule has 0 radical (unpaired) electrons. The van der Waals surface area contributed by atoms with Crippen LogP contribution in [0.15, 0.2) is 30.3 Å². The molecule has 4 fully saturated rings. The molecule has 192 valence electrons. The second-order valence-electron chi connectivity index (χ2n) is 11.2. The van der Waals surface area contributed by atoms with Gasteiger partial charge < -0.3 is 20.4 Å². The van der Waals surface area contributed by atoms with Crippen molar-refractivity contribution in [2.24, 2.45) is 5.73 Å². The van der Waals surface area contributed by atoms with E-state index in [1.807, 2.05) is 18.0 Å². The lowest BCUT2D eigenvalue weighted by Gasteiger charge is -2.40. The van der Waals surface area contributed by atoms with E-state index in [2.05, 4.69) is 29.2 Å². The Balaban J connectivity index is 1.32. The van der Waals surface area contributed by atoms with Crippen LogP contribution in [0.2, 0.25) is 0 Å². The molecule has 3 aliphatic heterocycles. The van der Waals surface area contributed by atoms with Crippen LogP contribution in [0, 0.1) is 0 Å². The lowest BCUT2D eigenvalue weighted by molar-refractivity contribution is -0.148. The number of nitrogens with two attached hydrogens (primary N) is 1. The molecule has 3 saturated heterocycles. The van der Waals surface area contributed by atoms with Crippen molar-refractivity contribution >= 4 is 11.8 Å². The van der Waals surface area contributed by atoms with E-state index in [-0.39, 0.29) is 35.9 Å². The van der Waals surface area contributed by atoms with Gasteiger partial charge >= 0.3 is 0 Å². The summed E-state index contributed by atoms with van der Waals surface area (Å²) in [6.07, 6.45) is 3.91. The van der Waals surface area contributed by atoms with Crippen LogP contribution >= 0.6 is 0 Å². The molecular weight excluding hydrogens is 450 g/mol. The molecule has 1 saturated carbocycles. The minimum Gasteiger partial charge on any atom is -0.335 e. The second kappa shape index (κ2) is 9.77. The number of rotatable bonds is 6. The lowest BCUT2D eigenvalue weighted by Crippen LogP contribution is -2.57. The van der Waals surface area contributed by atoms with Crippen LogP contribution in [0.4, 0.5) is 8.78 Å². The highest BCUT2D eigenvalue weighted by Gasteiger charge is 2.58. The predicted molar refractivity (Wildman–Crippen MR) is 130 cm³/mol. The Labute approximate surface area is 206 Å². The average molecular weight is 489 g/mol. The monoisotopic (exact) mass is 488 g/mol. The first-order valence-corrected chi connectivity index (χ1v) is 13.2. The summed E-state index contributed by atoms with van der Waals surface area (Å²) in [6, 6.07) is 9.31. The van der Waals surface area contributed by atoms with Crippen molar-refractivity contribution in [1.82, 2.24) is 14.7 Å². The number of fused-ring (bicyclic) bond motifs is 1. The Bertz CT molecular complexity index is 925. The zero-order valence-corrected chi connectivity index (χ0v) is 20.6. The maximum Gasteiger partial charge on any atom is 0.245 e. The number of halogens is 2. The van der Waals surface area contributed by atoms with Crippen molar-refractivity contribution in [3.63, 3.8) is 0 Å². The van der Waals surface area contributed by atoms with Crippen LogP contribution < -0.4 is 5.73 Å². The standard InChI is InChI=1S/C27H38F2N4O2/c1-31(14-11-24(28)29)20-7-9-22(30)25(34)33-21(15-20)8-10-23(33)26(35)32-17-19(16-27(32)12-13-27)18-5-3-2-4-6-18/h2-6,19-24H,7-17,30H2,1H3/t19-,20?,21?,22?,23?/m0/s1. The van der Waals surface area contributed by atoms with Crippen LogP contribution in [-0.4, -0.2) is 82.8 Å². The average Bonchev–Trinajstić information content (AvgIpc) is 3.34. The van der Waals surface area contributed by atoms with Crippen LogP contribution in [0.1, 0.15) is 69.3 Å². The molecule has 5 atom stereocenters. The van der Waals surface area contributed by atoms with Crippen molar-refractivity contribution in [3.8, 4) is 0 Å². The molecule has 1 aromatic carbocycles. The molecule has 1 aromatic rings. The van der Waals surface area contributed by atoms with E-state index in [1.165, 1.54) is 5.56 Å². The molecule has 8 heteroatoms. The lowest BCUT2D eigenvalue weighted by atomic mass is 9.94. The number of carbonyl (C=O) groups excluding carboxylic acids is 2. The molecule has 6 nitrogen and oxygen atoms in total. The highest BCUT2D eigenvalue weighted by atomic mass is 19.3. The number of hydrogen-bond acceptors (Lipinski definition) is 4. The van der Waals surface area contributed by atoms with Gasteiger partial charge in [-0.3, -0.25) is 9.59 Å². The van der Waals surface area contributed by atoms with Gasteiger partial charge in [0.2, 0.25) is 18.2 Å². The highest BCUT2D eigenvalue weighted by Crippen LogP contribution is 2.54. The van der Waals surface area contributed by atoms with Crippen molar-refractivity contribution < 1.29 is 18.4 Å². The fourth-order valence-electron chi connectivity index (χ4n) is 6.81. The van der Waals surface area contributed by atoms with Gasteiger partial charge in [-0.1, -0.05) is 30.3 Å². The van der Waals surface area contributed by atoms with Crippen molar-refractivity contribution in [1.29, 1.82) is 0 Å². The first-order valence-electron chi connectivity index (χ1n) is 13.2. The molecule has 2 amide bonds. The Morgan fingerprint density at radius 3 is 2.60 bits per heavy atom. The van der Waals surface area contributed by atoms with Crippen molar-refractivity contribution in [2.75, 3.05) is 20.1 Å². The highest BCUT2D eigenvalue weighted by molar-refractivity contribution is 5.91. The predicted octanol–water partition coefficient (Wildman–Crippen LogP) is 3.36. The number of hydrogen-bond donors (Lipinski definition) is 1. The van der Waals surface area contributed by atoms with Gasteiger partial charge in [-0.25, -0.2) is 8.78 Å².